The Morgan fingerprint density at radius 2 is 1.70 bits per heavy atom. The van der Waals surface area contributed by atoms with Crippen LogP contribution in [0.5, 0.6) is 0 Å². The van der Waals surface area contributed by atoms with Gasteiger partial charge in [-0.3, -0.25) is 9.59 Å². The standard InChI is InChI=1S/C16H20F2O5/c1-14(2,16(17,18)12(20)21)23-13(22)15-5-8-3-9(6-15)11(19)10(4-8)7-15/h8-10H,3-7H2,1-2H3,(H,20,21)/p-1. The van der Waals surface area contributed by atoms with Crippen LogP contribution < -0.4 is 5.11 Å². The molecule has 4 fully saturated rings. The van der Waals surface area contributed by atoms with Gasteiger partial charge in [0.25, 0.3) is 0 Å². The van der Waals surface area contributed by atoms with Crippen LogP contribution in [0.25, 0.3) is 0 Å². The number of carbonyl (C=O) groups excluding carboxylic acids is 3. The van der Waals surface area contributed by atoms with Gasteiger partial charge in [-0.1, -0.05) is 0 Å². The number of aliphatic carboxylic acids is 1. The fourth-order valence-electron chi connectivity index (χ4n) is 4.65. The van der Waals surface area contributed by atoms with Crippen molar-refractivity contribution >= 4 is 17.7 Å². The van der Waals surface area contributed by atoms with Crippen molar-refractivity contribution in [1.82, 2.24) is 0 Å². The summed E-state index contributed by atoms with van der Waals surface area (Å²) in [6.07, 6.45) is 2.68. The molecule has 0 heterocycles. The molecule has 0 N–H and O–H groups in total. The van der Waals surface area contributed by atoms with E-state index in [2.05, 4.69) is 0 Å². The van der Waals surface area contributed by atoms with Crippen molar-refractivity contribution in [2.45, 2.75) is 57.5 Å². The SMILES string of the molecule is CC(C)(OC(=O)C12CC3CC(C1)C(=O)C(C3)C2)C(F)(F)C(=O)[O-]. The summed E-state index contributed by atoms with van der Waals surface area (Å²) in [6.45, 7) is 1.73. The van der Waals surface area contributed by atoms with E-state index in [0.29, 0.717) is 19.3 Å². The molecule has 0 amide bonds. The highest BCUT2D eigenvalue weighted by atomic mass is 19.3. The number of hydrogen-bond donors (Lipinski definition) is 0. The number of rotatable bonds is 4. The molecule has 0 aliphatic heterocycles. The number of carboxylic acid groups (broad SMARTS) is 1. The highest BCUT2D eigenvalue weighted by molar-refractivity contribution is 5.90. The van der Waals surface area contributed by atoms with Crippen molar-refractivity contribution in [1.29, 1.82) is 0 Å². The quantitative estimate of drug-likeness (QED) is 0.721. The Bertz CT molecular complexity index is 565. The van der Waals surface area contributed by atoms with Crippen LogP contribution in [-0.2, 0) is 19.1 Å². The summed E-state index contributed by atoms with van der Waals surface area (Å²) >= 11 is 0. The topological polar surface area (TPSA) is 83.5 Å². The molecule has 0 aromatic heterocycles. The third-order valence-corrected chi connectivity index (χ3v) is 5.79. The minimum Gasteiger partial charge on any atom is -0.544 e. The Morgan fingerprint density at radius 1 is 1.17 bits per heavy atom. The van der Waals surface area contributed by atoms with Crippen molar-refractivity contribution in [3.8, 4) is 0 Å². The number of esters is 1. The van der Waals surface area contributed by atoms with Gasteiger partial charge in [-0.15, -0.1) is 0 Å². The van der Waals surface area contributed by atoms with Crippen molar-refractivity contribution in [2.75, 3.05) is 0 Å². The van der Waals surface area contributed by atoms with E-state index < -0.39 is 28.9 Å². The lowest BCUT2D eigenvalue weighted by molar-refractivity contribution is -0.342. The zero-order valence-electron chi connectivity index (χ0n) is 13.1. The van der Waals surface area contributed by atoms with E-state index in [-0.39, 0.29) is 23.5 Å². The number of carboxylic acids is 1. The maximum Gasteiger partial charge on any atom is 0.325 e. The van der Waals surface area contributed by atoms with E-state index in [0.717, 1.165) is 26.7 Å². The first-order chi connectivity index (χ1) is 10.5. The van der Waals surface area contributed by atoms with E-state index in [1.807, 2.05) is 0 Å². The van der Waals surface area contributed by atoms with Crippen molar-refractivity contribution < 1.29 is 33.0 Å². The van der Waals surface area contributed by atoms with Crippen LogP contribution in [0.15, 0.2) is 0 Å². The van der Waals surface area contributed by atoms with Gasteiger partial charge in [0, 0.05) is 11.8 Å². The van der Waals surface area contributed by atoms with Gasteiger partial charge in [0.15, 0.2) is 5.60 Å². The van der Waals surface area contributed by atoms with Crippen LogP contribution >= 0.6 is 0 Å². The largest absolute Gasteiger partial charge is 0.544 e. The molecule has 4 saturated carbocycles. The molecule has 0 aromatic carbocycles. The maximum absolute atomic E-state index is 13.7. The molecular weight excluding hydrogens is 310 g/mol. The second kappa shape index (κ2) is 4.74. The first-order valence-corrected chi connectivity index (χ1v) is 7.85. The monoisotopic (exact) mass is 329 g/mol. The minimum absolute atomic E-state index is 0.170. The zero-order chi connectivity index (χ0) is 17.2. The first-order valence-electron chi connectivity index (χ1n) is 7.85. The third kappa shape index (κ3) is 2.27. The van der Waals surface area contributed by atoms with Gasteiger partial charge in [-0.25, -0.2) is 0 Å². The molecule has 128 valence electrons. The van der Waals surface area contributed by atoms with Crippen molar-refractivity contribution in [3.05, 3.63) is 0 Å². The minimum atomic E-state index is -4.29. The summed E-state index contributed by atoms with van der Waals surface area (Å²) in [6, 6.07) is 0. The molecule has 0 spiro atoms. The third-order valence-electron chi connectivity index (χ3n) is 5.79. The Balaban J connectivity index is 1.82. The highest BCUT2D eigenvalue weighted by Crippen LogP contribution is 2.59. The number of ketones is 1. The highest BCUT2D eigenvalue weighted by Gasteiger charge is 2.61. The zero-order valence-corrected chi connectivity index (χ0v) is 13.1. The fourth-order valence-corrected chi connectivity index (χ4v) is 4.65. The van der Waals surface area contributed by atoms with E-state index >= 15 is 0 Å². The lowest BCUT2D eigenvalue weighted by Crippen LogP contribution is -2.60. The average molecular weight is 329 g/mol. The maximum atomic E-state index is 13.7. The Kier molecular flexibility index (Phi) is 3.36. The van der Waals surface area contributed by atoms with Crippen LogP contribution in [-0.4, -0.2) is 29.2 Å². The molecule has 23 heavy (non-hydrogen) atoms. The van der Waals surface area contributed by atoms with Gasteiger partial charge in [0.1, 0.15) is 11.8 Å². The van der Waals surface area contributed by atoms with Crippen LogP contribution in [0.4, 0.5) is 8.78 Å². The van der Waals surface area contributed by atoms with E-state index in [1.165, 1.54) is 0 Å². The Labute approximate surface area is 132 Å². The number of carbonyl (C=O) groups is 3. The molecular formula is C16H19F2O5-. The van der Waals surface area contributed by atoms with E-state index in [1.54, 1.807) is 0 Å². The van der Waals surface area contributed by atoms with Gasteiger partial charge in [0.05, 0.1) is 5.41 Å². The second-order valence-corrected chi connectivity index (χ2v) is 7.79. The predicted molar refractivity (Wildman–Crippen MR) is 71.1 cm³/mol. The molecule has 0 saturated heterocycles. The normalized spacial score (nSPS) is 36.2. The molecule has 7 heteroatoms. The van der Waals surface area contributed by atoms with E-state index in [9.17, 15) is 28.3 Å². The van der Waals surface area contributed by atoms with Crippen LogP contribution in [0, 0.1) is 23.2 Å². The molecule has 0 radical (unpaired) electrons. The van der Waals surface area contributed by atoms with Gasteiger partial charge in [-0.05, 0) is 51.9 Å². The molecule has 4 bridgehead atoms. The summed E-state index contributed by atoms with van der Waals surface area (Å²) in [5.74, 6) is -7.66. The van der Waals surface area contributed by atoms with Gasteiger partial charge >= 0.3 is 11.9 Å². The summed E-state index contributed by atoms with van der Waals surface area (Å²) in [7, 11) is 0. The van der Waals surface area contributed by atoms with Crippen LogP contribution in [0.1, 0.15) is 46.0 Å². The fraction of sp³-hybridized carbons (Fsp3) is 0.812. The predicted octanol–water partition coefficient (Wildman–Crippen LogP) is 1.09. The summed E-state index contributed by atoms with van der Waals surface area (Å²) in [5.41, 5.74) is -3.43. The van der Waals surface area contributed by atoms with Gasteiger partial charge < -0.3 is 14.6 Å². The number of hydrogen-bond acceptors (Lipinski definition) is 5. The Morgan fingerprint density at radius 3 is 2.17 bits per heavy atom. The van der Waals surface area contributed by atoms with Crippen molar-refractivity contribution in [2.24, 2.45) is 23.2 Å². The number of ether oxygens (including phenoxy) is 1. The van der Waals surface area contributed by atoms with Crippen molar-refractivity contribution in [3.63, 3.8) is 0 Å². The van der Waals surface area contributed by atoms with Crippen LogP contribution in [0.2, 0.25) is 0 Å². The molecule has 4 rings (SSSR count). The molecule has 4 aliphatic carbocycles. The molecule has 4 aliphatic rings. The van der Waals surface area contributed by atoms with Crippen LogP contribution in [0.3, 0.4) is 0 Å². The molecule has 0 aromatic rings. The second-order valence-electron chi connectivity index (χ2n) is 7.79. The summed E-state index contributed by atoms with van der Waals surface area (Å²) in [5, 5.41) is 10.6. The van der Waals surface area contributed by atoms with E-state index in [4.69, 9.17) is 4.74 Å². The van der Waals surface area contributed by atoms with Gasteiger partial charge in [-0.2, -0.15) is 8.78 Å². The number of Topliss-reactive ketones (excluding diaryl/α,β-unsaturated/α-hetero) is 1. The summed E-state index contributed by atoms with van der Waals surface area (Å²) < 4.78 is 32.4. The lowest BCUT2D eigenvalue weighted by atomic mass is 9.49. The number of halogens is 2. The molecule has 2 atom stereocenters. The lowest BCUT2D eigenvalue weighted by Gasteiger charge is -2.54. The number of alkyl halides is 2. The Hall–Kier alpha value is -1.53. The smallest absolute Gasteiger partial charge is 0.325 e. The van der Waals surface area contributed by atoms with Gasteiger partial charge in [0.2, 0.25) is 0 Å². The molecule has 2 unspecified atom stereocenters. The summed E-state index contributed by atoms with van der Waals surface area (Å²) in [4.78, 5) is 35.4. The average Bonchev–Trinajstić information content (AvgIpc) is 2.42. The first kappa shape index (κ1) is 16.3. The molecule has 5 nitrogen and oxygen atoms in total.